The SMILES string of the molecule is O=C1CN(Cc2c(-c3ccccc3)nc3ccccn23)CCN1. The van der Waals surface area contributed by atoms with Crippen LogP contribution in [0.1, 0.15) is 5.69 Å². The zero-order chi connectivity index (χ0) is 15.6. The summed E-state index contributed by atoms with van der Waals surface area (Å²) in [5.41, 5.74) is 4.15. The molecule has 2 aromatic heterocycles. The van der Waals surface area contributed by atoms with Crippen molar-refractivity contribution in [3.05, 3.63) is 60.4 Å². The second-order valence-electron chi connectivity index (χ2n) is 5.76. The van der Waals surface area contributed by atoms with Crippen molar-refractivity contribution in [3.63, 3.8) is 0 Å². The molecule has 1 aromatic carbocycles. The van der Waals surface area contributed by atoms with Crippen molar-refractivity contribution < 1.29 is 4.79 Å². The van der Waals surface area contributed by atoms with E-state index in [-0.39, 0.29) is 5.91 Å². The van der Waals surface area contributed by atoms with E-state index in [0.29, 0.717) is 19.6 Å². The maximum Gasteiger partial charge on any atom is 0.234 e. The number of nitrogens with zero attached hydrogens (tertiary/aromatic N) is 3. The number of fused-ring (bicyclic) bond motifs is 1. The first-order chi connectivity index (χ1) is 11.3. The molecule has 0 spiro atoms. The zero-order valence-corrected chi connectivity index (χ0v) is 12.8. The summed E-state index contributed by atoms with van der Waals surface area (Å²) < 4.78 is 2.12. The summed E-state index contributed by atoms with van der Waals surface area (Å²) in [5, 5.41) is 2.87. The summed E-state index contributed by atoms with van der Waals surface area (Å²) in [5.74, 6) is 0.0892. The molecule has 1 amide bonds. The molecule has 23 heavy (non-hydrogen) atoms. The lowest BCUT2D eigenvalue weighted by Crippen LogP contribution is -2.47. The van der Waals surface area contributed by atoms with E-state index in [2.05, 4.69) is 26.8 Å². The molecule has 1 N–H and O–H groups in total. The Morgan fingerprint density at radius 3 is 2.74 bits per heavy atom. The van der Waals surface area contributed by atoms with Crippen LogP contribution in [0.25, 0.3) is 16.9 Å². The number of piperazine rings is 1. The van der Waals surface area contributed by atoms with Gasteiger partial charge in [0.2, 0.25) is 5.91 Å². The molecule has 0 radical (unpaired) electrons. The maximum absolute atomic E-state index is 11.6. The number of hydrogen-bond donors (Lipinski definition) is 1. The maximum atomic E-state index is 11.6. The van der Waals surface area contributed by atoms with E-state index < -0.39 is 0 Å². The molecule has 3 aromatic rings. The van der Waals surface area contributed by atoms with Crippen molar-refractivity contribution in [1.29, 1.82) is 0 Å². The van der Waals surface area contributed by atoms with Gasteiger partial charge in [-0.25, -0.2) is 4.98 Å². The predicted octanol–water partition coefficient (Wildman–Crippen LogP) is 1.93. The Kier molecular flexibility index (Phi) is 3.55. The topological polar surface area (TPSA) is 49.6 Å². The van der Waals surface area contributed by atoms with E-state index in [1.165, 1.54) is 0 Å². The molecule has 0 bridgehead atoms. The van der Waals surface area contributed by atoms with Crippen molar-refractivity contribution in [2.24, 2.45) is 0 Å². The number of pyridine rings is 1. The van der Waals surface area contributed by atoms with Crippen molar-refractivity contribution in [2.75, 3.05) is 19.6 Å². The van der Waals surface area contributed by atoms with Gasteiger partial charge in [0, 0.05) is 31.4 Å². The minimum Gasteiger partial charge on any atom is -0.354 e. The predicted molar refractivity (Wildman–Crippen MR) is 88.9 cm³/mol. The molecule has 0 atom stereocenters. The number of carbonyl (C=O) groups excluding carboxylic acids is 1. The lowest BCUT2D eigenvalue weighted by atomic mass is 10.1. The van der Waals surface area contributed by atoms with E-state index in [1.54, 1.807) is 0 Å². The minimum absolute atomic E-state index is 0.0892. The van der Waals surface area contributed by atoms with E-state index in [1.807, 2.05) is 42.6 Å². The number of rotatable bonds is 3. The average molecular weight is 306 g/mol. The summed E-state index contributed by atoms with van der Waals surface area (Å²) in [7, 11) is 0. The highest BCUT2D eigenvalue weighted by molar-refractivity contribution is 5.78. The van der Waals surface area contributed by atoms with E-state index >= 15 is 0 Å². The van der Waals surface area contributed by atoms with Crippen LogP contribution >= 0.6 is 0 Å². The molecule has 4 rings (SSSR count). The Hall–Kier alpha value is -2.66. The first-order valence-electron chi connectivity index (χ1n) is 7.82. The molecule has 1 aliphatic heterocycles. The molecular weight excluding hydrogens is 288 g/mol. The first-order valence-corrected chi connectivity index (χ1v) is 7.82. The van der Waals surface area contributed by atoms with Gasteiger partial charge >= 0.3 is 0 Å². The van der Waals surface area contributed by atoms with Crippen molar-refractivity contribution in [3.8, 4) is 11.3 Å². The third-order valence-corrected chi connectivity index (χ3v) is 4.17. The van der Waals surface area contributed by atoms with Crippen LogP contribution in [-0.2, 0) is 11.3 Å². The lowest BCUT2D eigenvalue weighted by Gasteiger charge is -2.26. The highest BCUT2D eigenvalue weighted by Gasteiger charge is 2.20. The number of aromatic nitrogens is 2. The van der Waals surface area contributed by atoms with Gasteiger partial charge in [-0.05, 0) is 12.1 Å². The van der Waals surface area contributed by atoms with Gasteiger partial charge in [-0.2, -0.15) is 0 Å². The van der Waals surface area contributed by atoms with E-state index in [0.717, 1.165) is 29.1 Å². The summed E-state index contributed by atoms with van der Waals surface area (Å²) in [6.07, 6.45) is 2.04. The molecule has 116 valence electrons. The molecule has 1 fully saturated rings. The number of imidazole rings is 1. The minimum atomic E-state index is 0.0892. The normalized spacial score (nSPS) is 15.7. The van der Waals surface area contributed by atoms with Gasteiger partial charge < -0.3 is 9.72 Å². The van der Waals surface area contributed by atoms with Gasteiger partial charge in [0.15, 0.2) is 0 Å². The zero-order valence-electron chi connectivity index (χ0n) is 12.8. The van der Waals surface area contributed by atoms with E-state index in [4.69, 9.17) is 4.98 Å². The number of benzene rings is 1. The Morgan fingerprint density at radius 2 is 1.91 bits per heavy atom. The van der Waals surface area contributed by atoms with Crippen LogP contribution in [0.5, 0.6) is 0 Å². The van der Waals surface area contributed by atoms with Gasteiger partial charge in [-0.3, -0.25) is 9.69 Å². The molecule has 0 unspecified atom stereocenters. The summed E-state index contributed by atoms with van der Waals surface area (Å²) in [4.78, 5) is 18.6. The molecular formula is C18H18N4O. The second-order valence-corrected chi connectivity index (χ2v) is 5.76. The van der Waals surface area contributed by atoms with Gasteiger partial charge in [0.1, 0.15) is 5.65 Å². The van der Waals surface area contributed by atoms with Crippen LogP contribution in [0.3, 0.4) is 0 Å². The number of nitrogens with one attached hydrogen (secondary N) is 1. The van der Waals surface area contributed by atoms with Crippen molar-refractivity contribution in [2.45, 2.75) is 6.54 Å². The fourth-order valence-electron chi connectivity index (χ4n) is 3.06. The quantitative estimate of drug-likeness (QED) is 0.804. The number of carbonyl (C=O) groups is 1. The van der Waals surface area contributed by atoms with Crippen LogP contribution in [0.4, 0.5) is 0 Å². The standard InChI is InChI=1S/C18H18N4O/c23-17-13-21(11-9-19-17)12-15-18(14-6-2-1-3-7-14)20-16-8-4-5-10-22(15)16/h1-8,10H,9,11-13H2,(H,19,23). The monoisotopic (exact) mass is 306 g/mol. The fraction of sp³-hybridized carbons (Fsp3) is 0.222. The van der Waals surface area contributed by atoms with Crippen molar-refractivity contribution >= 4 is 11.6 Å². The van der Waals surface area contributed by atoms with Gasteiger partial charge in [0.05, 0.1) is 17.9 Å². The third-order valence-electron chi connectivity index (χ3n) is 4.17. The Bertz CT molecular complexity index is 841. The van der Waals surface area contributed by atoms with Gasteiger partial charge in [0.25, 0.3) is 0 Å². The Balaban J connectivity index is 1.78. The highest BCUT2D eigenvalue weighted by Crippen LogP contribution is 2.25. The highest BCUT2D eigenvalue weighted by atomic mass is 16.2. The molecule has 1 saturated heterocycles. The molecule has 3 heterocycles. The molecule has 5 heteroatoms. The van der Waals surface area contributed by atoms with Gasteiger partial charge in [-0.1, -0.05) is 36.4 Å². The second kappa shape index (κ2) is 5.85. The number of amides is 1. The van der Waals surface area contributed by atoms with Crippen LogP contribution in [0.2, 0.25) is 0 Å². The van der Waals surface area contributed by atoms with Crippen LogP contribution in [0.15, 0.2) is 54.7 Å². The summed E-state index contributed by atoms with van der Waals surface area (Å²) in [6, 6.07) is 16.2. The van der Waals surface area contributed by atoms with E-state index in [9.17, 15) is 4.79 Å². The van der Waals surface area contributed by atoms with Crippen molar-refractivity contribution in [1.82, 2.24) is 19.6 Å². The molecule has 0 saturated carbocycles. The summed E-state index contributed by atoms with van der Waals surface area (Å²) >= 11 is 0. The third kappa shape index (κ3) is 2.71. The van der Waals surface area contributed by atoms with Gasteiger partial charge in [-0.15, -0.1) is 0 Å². The first kappa shape index (κ1) is 14.0. The van der Waals surface area contributed by atoms with Crippen LogP contribution in [0, 0.1) is 0 Å². The fourth-order valence-corrected chi connectivity index (χ4v) is 3.06. The molecule has 0 aliphatic carbocycles. The average Bonchev–Trinajstić information content (AvgIpc) is 2.95. The largest absolute Gasteiger partial charge is 0.354 e. The molecule has 1 aliphatic rings. The number of hydrogen-bond acceptors (Lipinski definition) is 3. The smallest absolute Gasteiger partial charge is 0.234 e. The summed E-state index contributed by atoms with van der Waals surface area (Å²) in [6.45, 7) is 2.72. The Morgan fingerprint density at radius 1 is 1.09 bits per heavy atom. The Labute approximate surface area is 134 Å². The lowest BCUT2D eigenvalue weighted by molar-refractivity contribution is -0.124. The molecule has 5 nitrogen and oxygen atoms in total. The van der Waals surface area contributed by atoms with Crippen LogP contribution in [-0.4, -0.2) is 39.8 Å². The van der Waals surface area contributed by atoms with Crippen LogP contribution < -0.4 is 5.32 Å².